The molecule has 1 heterocycles. The Kier molecular flexibility index (Phi) is 4.26. The first-order valence-electron chi connectivity index (χ1n) is 5.65. The Morgan fingerprint density at radius 3 is 2.76 bits per heavy atom. The third-order valence-electron chi connectivity index (χ3n) is 2.55. The van der Waals surface area contributed by atoms with Crippen molar-refractivity contribution in [2.45, 2.75) is 25.7 Å². The molecule has 0 saturated heterocycles. The summed E-state index contributed by atoms with van der Waals surface area (Å²) < 4.78 is 5.60. The quantitative estimate of drug-likeness (QED) is 0.843. The number of benzene rings is 1. The molecule has 0 unspecified atom stereocenters. The van der Waals surface area contributed by atoms with Crippen molar-refractivity contribution in [3.8, 4) is 0 Å². The molecule has 0 bridgehead atoms. The topological polar surface area (TPSA) is 52.0 Å². The van der Waals surface area contributed by atoms with Crippen LogP contribution in [0.1, 0.15) is 25.2 Å². The lowest BCUT2D eigenvalue weighted by Crippen LogP contribution is -1.98. The van der Waals surface area contributed by atoms with Gasteiger partial charge in [0, 0.05) is 11.4 Å². The average molecular weight is 273 g/mol. The van der Waals surface area contributed by atoms with Crippen LogP contribution in [0.25, 0.3) is 11.1 Å². The molecule has 2 aromatic rings. The van der Waals surface area contributed by atoms with E-state index in [1.54, 1.807) is 12.1 Å². The zero-order valence-corrected chi connectivity index (χ0v) is 10.9. The van der Waals surface area contributed by atoms with Crippen molar-refractivity contribution in [3.05, 3.63) is 28.1 Å². The highest BCUT2D eigenvalue weighted by Gasteiger charge is 2.10. The van der Waals surface area contributed by atoms with Crippen molar-refractivity contribution in [2.24, 2.45) is 5.73 Å². The van der Waals surface area contributed by atoms with Gasteiger partial charge in [-0.25, -0.2) is 4.98 Å². The van der Waals surface area contributed by atoms with E-state index in [2.05, 4.69) is 4.98 Å². The minimum atomic E-state index is 0.508. The standard InChI is InChI=1S/C12H14Cl2N2O/c13-8-6-9(14)12-10(7-8)16-11(17-12)4-2-1-3-5-15/h6-7H,1-5,15H2. The van der Waals surface area contributed by atoms with E-state index in [1.807, 2.05) is 0 Å². The Balaban J connectivity index is 2.12. The Morgan fingerprint density at radius 1 is 1.18 bits per heavy atom. The molecular formula is C12H14Cl2N2O. The first-order valence-corrected chi connectivity index (χ1v) is 6.41. The minimum absolute atomic E-state index is 0.508. The van der Waals surface area contributed by atoms with Gasteiger partial charge < -0.3 is 10.2 Å². The molecule has 0 fully saturated rings. The molecule has 0 aliphatic carbocycles. The molecule has 0 saturated carbocycles. The van der Waals surface area contributed by atoms with Crippen molar-refractivity contribution in [1.29, 1.82) is 0 Å². The average Bonchev–Trinajstić information content (AvgIpc) is 2.67. The van der Waals surface area contributed by atoms with Crippen molar-refractivity contribution in [2.75, 3.05) is 6.54 Å². The SMILES string of the molecule is NCCCCCc1nc2cc(Cl)cc(Cl)c2o1. The highest BCUT2D eigenvalue weighted by atomic mass is 35.5. The summed E-state index contributed by atoms with van der Waals surface area (Å²) in [6.45, 7) is 0.731. The van der Waals surface area contributed by atoms with E-state index in [9.17, 15) is 0 Å². The van der Waals surface area contributed by atoms with Crippen molar-refractivity contribution in [1.82, 2.24) is 4.98 Å². The fraction of sp³-hybridized carbons (Fsp3) is 0.417. The van der Waals surface area contributed by atoms with Gasteiger partial charge in [-0.2, -0.15) is 0 Å². The van der Waals surface area contributed by atoms with Gasteiger partial charge in [-0.15, -0.1) is 0 Å². The smallest absolute Gasteiger partial charge is 0.195 e. The van der Waals surface area contributed by atoms with Gasteiger partial charge in [0.05, 0.1) is 5.02 Å². The molecule has 1 aromatic heterocycles. The van der Waals surface area contributed by atoms with Crippen LogP contribution in [-0.4, -0.2) is 11.5 Å². The summed E-state index contributed by atoms with van der Waals surface area (Å²) in [5.41, 5.74) is 6.77. The Bertz CT molecular complexity index is 510. The fourth-order valence-electron chi connectivity index (χ4n) is 1.71. The number of nitrogens with two attached hydrogens (primary N) is 1. The largest absolute Gasteiger partial charge is 0.439 e. The van der Waals surface area contributed by atoms with Crippen molar-refractivity contribution in [3.63, 3.8) is 0 Å². The van der Waals surface area contributed by atoms with Crippen LogP contribution in [0.15, 0.2) is 16.5 Å². The van der Waals surface area contributed by atoms with E-state index in [-0.39, 0.29) is 0 Å². The van der Waals surface area contributed by atoms with Gasteiger partial charge in [0.25, 0.3) is 0 Å². The van der Waals surface area contributed by atoms with Crippen LogP contribution in [0.3, 0.4) is 0 Å². The molecule has 2 N–H and O–H groups in total. The van der Waals surface area contributed by atoms with Gasteiger partial charge in [0.2, 0.25) is 0 Å². The molecule has 0 aliphatic heterocycles. The number of aryl methyl sites for hydroxylation is 1. The van der Waals surface area contributed by atoms with Gasteiger partial charge in [0.15, 0.2) is 11.5 Å². The van der Waals surface area contributed by atoms with E-state index in [0.29, 0.717) is 21.5 Å². The number of nitrogens with zero attached hydrogens (tertiary/aromatic N) is 1. The van der Waals surface area contributed by atoms with E-state index in [1.165, 1.54) is 0 Å². The number of hydrogen-bond acceptors (Lipinski definition) is 3. The maximum atomic E-state index is 6.02. The van der Waals surface area contributed by atoms with Gasteiger partial charge in [-0.1, -0.05) is 29.6 Å². The summed E-state index contributed by atoms with van der Waals surface area (Å²) in [7, 11) is 0. The van der Waals surface area contributed by atoms with Gasteiger partial charge in [-0.3, -0.25) is 0 Å². The van der Waals surface area contributed by atoms with Crippen LogP contribution in [0.2, 0.25) is 10.0 Å². The molecule has 0 radical (unpaired) electrons. The van der Waals surface area contributed by atoms with Crippen LogP contribution in [0.4, 0.5) is 0 Å². The lowest BCUT2D eigenvalue weighted by atomic mass is 10.2. The Labute approximate surface area is 110 Å². The monoisotopic (exact) mass is 272 g/mol. The van der Waals surface area contributed by atoms with E-state index in [0.717, 1.165) is 37.7 Å². The number of fused-ring (bicyclic) bond motifs is 1. The number of rotatable bonds is 5. The number of oxazole rings is 1. The predicted molar refractivity (Wildman–Crippen MR) is 70.6 cm³/mol. The van der Waals surface area contributed by atoms with Crippen LogP contribution in [0.5, 0.6) is 0 Å². The second kappa shape index (κ2) is 5.71. The molecule has 17 heavy (non-hydrogen) atoms. The zero-order valence-electron chi connectivity index (χ0n) is 9.38. The lowest BCUT2D eigenvalue weighted by molar-refractivity contribution is 0.511. The number of unbranched alkanes of at least 4 members (excludes halogenated alkanes) is 2. The summed E-state index contributed by atoms with van der Waals surface area (Å²) in [5.74, 6) is 0.709. The molecule has 0 amide bonds. The molecule has 2 rings (SSSR count). The summed E-state index contributed by atoms with van der Waals surface area (Å²) in [5, 5.41) is 1.08. The first kappa shape index (κ1) is 12.7. The Hall–Kier alpha value is -0.770. The summed E-state index contributed by atoms with van der Waals surface area (Å²) in [6, 6.07) is 3.42. The molecule has 0 spiro atoms. The van der Waals surface area contributed by atoms with Crippen LogP contribution < -0.4 is 5.73 Å². The highest BCUT2D eigenvalue weighted by molar-refractivity contribution is 6.37. The van der Waals surface area contributed by atoms with Gasteiger partial charge >= 0.3 is 0 Å². The molecule has 0 aliphatic rings. The van der Waals surface area contributed by atoms with Gasteiger partial charge in [0.1, 0.15) is 5.52 Å². The normalized spacial score (nSPS) is 11.2. The summed E-state index contributed by atoms with van der Waals surface area (Å²) in [4.78, 5) is 4.37. The molecule has 0 atom stereocenters. The molecule has 5 heteroatoms. The fourth-order valence-corrected chi connectivity index (χ4v) is 2.23. The number of aromatic nitrogens is 1. The molecule has 1 aromatic carbocycles. The third-order valence-corrected chi connectivity index (χ3v) is 3.05. The van der Waals surface area contributed by atoms with Gasteiger partial charge in [-0.05, 0) is 31.5 Å². The van der Waals surface area contributed by atoms with Crippen molar-refractivity contribution >= 4 is 34.3 Å². The number of hydrogen-bond donors (Lipinski definition) is 1. The Morgan fingerprint density at radius 2 is 2.00 bits per heavy atom. The maximum absolute atomic E-state index is 6.02. The summed E-state index contributed by atoms with van der Waals surface area (Å²) >= 11 is 11.9. The molecule has 3 nitrogen and oxygen atoms in total. The van der Waals surface area contributed by atoms with Crippen molar-refractivity contribution < 1.29 is 4.42 Å². The second-order valence-electron chi connectivity index (χ2n) is 3.94. The van der Waals surface area contributed by atoms with E-state index < -0.39 is 0 Å². The first-order chi connectivity index (χ1) is 8.20. The third kappa shape index (κ3) is 3.12. The predicted octanol–water partition coefficient (Wildman–Crippen LogP) is 3.81. The van der Waals surface area contributed by atoms with Crippen LogP contribution in [-0.2, 0) is 6.42 Å². The van der Waals surface area contributed by atoms with E-state index in [4.69, 9.17) is 33.4 Å². The lowest BCUT2D eigenvalue weighted by Gasteiger charge is -1.95. The maximum Gasteiger partial charge on any atom is 0.195 e. The number of halogens is 2. The molecule has 92 valence electrons. The summed E-state index contributed by atoms with van der Waals surface area (Å²) in [6.07, 6.45) is 3.95. The van der Waals surface area contributed by atoms with Crippen LogP contribution in [0, 0.1) is 0 Å². The second-order valence-corrected chi connectivity index (χ2v) is 4.79. The van der Waals surface area contributed by atoms with E-state index >= 15 is 0 Å². The molecular weight excluding hydrogens is 259 g/mol. The highest BCUT2D eigenvalue weighted by Crippen LogP contribution is 2.28. The zero-order chi connectivity index (χ0) is 12.3. The minimum Gasteiger partial charge on any atom is -0.439 e. The van der Waals surface area contributed by atoms with Crippen LogP contribution >= 0.6 is 23.2 Å².